The number of hydrogen-bond acceptors (Lipinski definition) is 0. The van der Waals surface area contributed by atoms with Crippen LogP contribution >= 0.6 is 0 Å². The highest BCUT2D eigenvalue weighted by atomic mass is 15.0. The quantitative estimate of drug-likeness (QED) is 0.175. The van der Waals surface area contributed by atoms with Crippen LogP contribution in [0, 0.1) is 0 Å². The van der Waals surface area contributed by atoms with Crippen molar-refractivity contribution in [1.29, 1.82) is 0 Å². The lowest BCUT2D eigenvalue weighted by Gasteiger charge is -2.14. The second-order valence-corrected chi connectivity index (χ2v) is 11.5. The van der Waals surface area contributed by atoms with Crippen LogP contribution < -0.4 is 0 Å². The molecule has 0 spiro atoms. The Hall–Kier alpha value is -6.12. The van der Waals surface area contributed by atoms with Crippen molar-refractivity contribution in [2.75, 3.05) is 0 Å². The number of aromatic nitrogens is 2. The molecule has 2 aromatic heterocycles. The monoisotopic (exact) mass is 588 g/mol. The Balaban J connectivity index is 1.23. The molecule has 0 aliphatic rings. The van der Waals surface area contributed by atoms with Crippen LogP contribution in [0.4, 0.5) is 0 Å². The molecule has 0 bridgehead atoms. The zero-order valence-corrected chi connectivity index (χ0v) is 25.4. The Morgan fingerprint density at radius 2 is 0.587 bits per heavy atom. The molecule has 8 aromatic rings. The van der Waals surface area contributed by atoms with Gasteiger partial charge in [0.25, 0.3) is 0 Å². The maximum atomic E-state index is 2.32. The third-order valence-corrected chi connectivity index (χ3v) is 8.62. The SMILES string of the molecule is c1ccc(-c2c(-c3cccc(-c4cccc(-c5ccn(-c6ccccc6)c5-c5ccccc5)c4)c3)ccn2-c2ccccc2)cc1. The lowest BCUT2D eigenvalue weighted by molar-refractivity contribution is 1.09. The summed E-state index contributed by atoms with van der Waals surface area (Å²) in [5.41, 5.74) is 14.2. The number of para-hydroxylation sites is 2. The summed E-state index contributed by atoms with van der Waals surface area (Å²) >= 11 is 0. The number of rotatable bonds is 7. The summed E-state index contributed by atoms with van der Waals surface area (Å²) in [7, 11) is 0. The van der Waals surface area contributed by atoms with E-state index in [4.69, 9.17) is 0 Å². The first-order valence-corrected chi connectivity index (χ1v) is 15.7. The summed E-state index contributed by atoms with van der Waals surface area (Å²) in [4.78, 5) is 0. The molecule has 0 saturated heterocycles. The van der Waals surface area contributed by atoms with E-state index in [9.17, 15) is 0 Å². The van der Waals surface area contributed by atoms with Crippen molar-refractivity contribution >= 4 is 0 Å². The first kappa shape index (κ1) is 27.4. The first-order valence-electron chi connectivity index (χ1n) is 15.7. The van der Waals surface area contributed by atoms with Gasteiger partial charge < -0.3 is 9.13 Å². The zero-order chi connectivity index (χ0) is 30.7. The van der Waals surface area contributed by atoms with Crippen LogP contribution in [0.25, 0.3) is 67.3 Å². The van der Waals surface area contributed by atoms with Crippen molar-refractivity contribution < 1.29 is 0 Å². The van der Waals surface area contributed by atoms with Gasteiger partial charge in [0.1, 0.15) is 0 Å². The van der Waals surface area contributed by atoms with Gasteiger partial charge in [-0.25, -0.2) is 0 Å². The molecule has 2 nitrogen and oxygen atoms in total. The Labute approximate surface area is 270 Å². The molecular formula is C44H32N2. The third kappa shape index (κ3) is 5.16. The molecule has 2 heterocycles. The van der Waals surface area contributed by atoms with Crippen LogP contribution in [0.15, 0.2) is 194 Å². The van der Waals surface area contributed by atoms with E-state index in [1.54, 1.807) is 0 Å². The lowest BCUT2D eigenvalue weighted by Crippen LogP contribution is -1.96. The number of nitrogens with zero attached hydrogens (tertiary/aromatic N) is 2. The highest BCUT2D eigenvalue weighted by Crippen LogP contribution is 2.39. The van der Waals surface area contributed by atoms with Gasteiger partial charge in [0, 0.05) is 34.9 Å². The maximum Gasteiger partial charge on any atom is 0.0606 e. The molecular weight excluding hydrogens is 556 g/mol. The fourth-order valence-corrected chi connectivity index (χ4v) is 6.45. The molecule has 0 unspecified atom stereocenters. The van der Waals surface area contributed by atoms with Crippen molar-refractivity contribution in [1.82, 2.24) is 9.13 Å². The first-order chi connectivity index (χ1) is 22.8. The minimum Gasteiger partial charge on any atom is -0.316 e. The molecule has 0 N–H and O–H groups in total. The smallest absolute Gasteiger partial charge is 0.0606 e. The molecule has 2 heteroatoms. The molecule has 0 amide bonds. The van der Waals surface area contributed by atoms with Crippen LogP contribution in [-0.2, 0) is 0 Å². The predicted octanol–water partition coefficient (Wildman–Crippen LogP) is 11.6. The molecule has 0 radical (unpaired) electrons. The van der Waals surface area contributed by atoms with Gasteiger partial charge in [-0.3, -0.25) is 0 Å². The Morgan fingerprint density at radius 1 is 0.261 bits per heavy atom. The normalized spacial score (nSPS) is 11.0. The van der Waals surface area contributed by atoms with E-state index in [2.05, 4.69) is 204 Å². The van der Waals surface area contributed by atoms with Gasteiger partial charge in [0.2, 0.25) is 0 Å². The minimum atomic E-state index is 1.15. The van der Waals surface area contributed by atoms with Crippen molar-refractivity contribution in [2.45, 2.75) is 0 Å². The van der Waals surface area contributed by atoms with E-state index < -0.39 is 0 Å². The van der Waals surface area contributed by atoms with Crippen molar-refractivity contribution in [2.24, 2.45) is 0 Å². The number of benzene rings is 6. The van der Waals surface area contributed by atoms with Gasteiger partial charge in [0.05, 0.1) is 11.4 Å². The Bertz CT molecular complexity index is 2060. The van der Waals surface area contributed by atoms with Crippen LogP contribution in [0.3, 0.4) is 0 Å². The summed E-state index contributed by atoms with van der Waals surface area (Å²) < 4.78 is 4.58. The molecule has 0 atom stereocenters. The summed E-state index contributed by atoms with van der Waals surface area (Å²) in [5, 5.41) is 0. The summed E-state index contributed by atoms with van der Waals surface area (Å²) in [5.74, 6) is 0. The van der Waals surface area contributed by atoms with Crippen LogP contribution in [-0.4, -0.2) is 9.13 Å². The standard InChI is InChI=1S/C44H32N2/c1-5-15-33(16-6-1)43-41(27-29-45(43)39-23-9-3-10-24-39)37-21-13-19-35(31-37)36-20-14-22-38(32-36)42-28-30-46(40-25-11-4-12-26-40)44(42)34-17-7-2-8-18-34/h1-32H. The van der Waals surface area contributed by atoms with E-state index in [0.29, 0.717) is 0 Å². The van der Waals surface area contributed by atoms with Gasteiger partial charge in [0.15, 0.2) is 0 Å². The minimum absolute atomic E-state index is 1.15. The maximum absolute atomic E-state index is 2.32. The van der Waals surface area contributed by atoms with Gasteiger partial charge in [-0.2, -0.15) is 0 Å². The third-order valence-electron chi connectivity index (χ3n) is 8.62. The highest BCUT2D eigenvalue weighted by molar-refractivity contribution is 5.87. The largest absolute Gasteiger partial charge is 0.316 e. The average molecular weight is 589 g/mol. The van der Waals surface area contributed by atoms with E-state index >= 15 is 0 Å². The van der Waals surface area contributed by atoms with Crippen LogP contribution in [0.2, 0.25) is 0 Å². The van der Waals surface area contributed by atoms with Gasteiger partial charge in [-0.05, 0) is 81.9 Å². The molecule has 0 aliphatic carbocycles. The second-order valence-electron chi connectivity index (χ2n) is 11.5. The topological polar surface area (TPSA) is 9.86 Å². The van der Waals surface area contributed by atoms with E-state index in [-0.39, 0.29) is 0 Å². The van der Waals surface area contributed by atoms with Crippen LogP contribution in [0.1, 0.15) is 0 Å². The van der Waals surface area contributed by atoms with E-state index in [1.165, 1.54) is 55.9 Å². The van der Waals surface area contributed by atoms with Gasteiger partial charge in [-0.15, -0.1) is 0 Å². The second kappa shape index (κ2) is 12.1. The van der Waals surface area contributed by atoms with Gasteiger partial charge in [-0.1, -0.05) is 133 Å². The fraction of sp³-hybridized carbons (Fsp3) is 0. The molecule has 8 rings (SSSR count). The van der Waals surface area contributed by atoms with E-state index in [1.807, 2.05) is 0 Å². The van der Waals surface area contributed by atoms with Crippen LogP contribution in [0.5, 0.6) is 0 Å². The molecule has 0 fully saturated rings. The van der Waals surface area contributed by atoms with Crippen molar-refractivity contribution in [3.63, 3.8) is 0 Å². The summed E-state index contributed by atoms with van der Waals surface area (Å²) in [6.07, 6.45) is 4.37. The predicted molar refractivity (Wildman–Crippen MR) is 192 cm³/mol. The van der Waals surface area contributed by atoms with Crippen molar-refractivity contribution in [3.05, 3.63) is 194 Å². The zero-order valence-electron chi connectivity index (χ0n) is 25.4. The molecule has 0 aliphatic heterocycles. The molecule has 218 valence electrons. The molecule has 6 aromatic carbocycles. The summed E-state index contributed by atoms with van der Waals surface area (Å²) in [6.45, 7) is 0. The Kier molecular flexibility index (Phi) is 7.22. The fourth-order valence-electron chi connectivity index (χ4n) is 6.45. The molecule has 46 heavy (non-hydrogen) atoms. The summed E-state index contributed by atoms with van der Waals surface area (Å²) in [6, 6.07) is 64.8. The van der Waals surface area contributed by atoms with Crippen molar-refractivity contribution in [3.8, 4) is 67.3 Å². The molecule has 0 saturated carbocycles. The highest BCUT2D eigenvalue weighted by Gasteiger charge is 2.17. The average Bonchev–Trinajstić information content (AvgIpc) is 3.79. The Morgan fingerprint density at radius 3 is 0.978 bits per heavy atom. The van der Waals surface area contributed by atoms with E-state index in [0.717, 1.165) is 11.4 Å². The number of hydrogen-bond donors (Lipinski definition) is 0. The van der Waals surface area contributed by atoms with Gasteiger partial charge >= 0.3 is 0 Å². The lowest BCUT2D eigenvalue weighted by atomic mass is 9.94.